The predicted molar refractivity (Wildman–Crippen MR) is 208 cm³/mol. The summed E-state index contributed by atoms with van der Waals surface area (Å²) in [7, 11) is -1.83. The first-order chi connectivity index (χ1) is 26.5. The minimum Gasteiger partial charge on any atom is -0.497 e. The van der Waals surface area contributed by atoms with Gasteiger partial charge in [0, 0.05) is 35.5 Å². The van der Waals surface area contributed by atoms with Gasteiger partial charge in [-0.2, -0.15) is 0 Å². The monoisotopic (exact) mass is 761 g/mol. The van der Waals surface area contributed by atoms with Crippen LogP contribution in [-0.2, 0) is 33.0 Å². The fourth-order valence-electron chi connectivity index (χ4n) is 8.80. The number of rotatable bonds is 11. The number of carbonyl (C=O) groups is 2. The van der Waals surface area contributed by atoms with Gasteiger partial charge < -0.3 is 28.3 Å². The Hall–Kier alpha value is -5.37. The van der Waals surface area contributed by atoms with E-state index < -0.39 is 31.6 Å². The molecule has 2 amide bonds. The molecular weight excluding hydrogens is 718 g/mol. The van der Waals surface area contributed by atoms with Gasteiger partial charge in [-0.05, 0) is 73.1 Å². The van der Waals surface area contributed by atoms with Crippen molar-refractivity contribution in [1.29, 1.82) is 0 Å². The molecule has 1 N–H and O–H groups in total. The number of nitrogens with zero attached hydrogens (tertiary/aromatic N) is 5. The summed E-state index contributed by atoms with van der Waals surface area (Å²) in [6.07, 6.45) is 1.65. The van der Waals surface area contributed by atoms with Crippen LogP contribution < -0.4 is 19.3 Å². The second-order valence-electron chi connectivity index (χ2n) is 15.0. The third-order valence-corrected chi connectivity index (χ3v) is 13.8. The van der Waals surface area contributed by atoms with Crippen LogP contribution in [0.15, 0.2) is 103 Å². The van der Waals surface area contributed by atoms with Crippen LogP contribution in [0.5, 0.6) is 11.5 Å². The Morgan fingerprint density at radius 1 is 1.00 bits per heavy atom. The van der Waals surface area contributed by atoms with Crippen LogP contribution >= 0.6 is 0 Å². The number of ether oxygens (including phenoxy) is 3. The summed E-state index contributed by atoms with van der Waals surface area (Å²) >= 11 is 0. The van der Waals surface area contributed by atoms with E-state index in [1.54, 1.807) is 34.7 Å². The van der Waals surface area contributed by atoms with Gasteiger partial charge in [-0.3, -0.25) is 19.2 Å². The van der Waals surface area contributed by atoms with E-state index in [4.69, 9.17) is 14.2 Å². The highest BCUT2D eigenvalue weighted by Crippen LogP contribution is 2.60. The molecule has 13 heteroatoms. The Morgan fingerprint density at radius 2 is 1.75 bits per heavy atom. The quantitative estimate of drug-likeness (QED) is 0.114. The molecule has 4 heterocycles. The van der Waals surface area contributed by atoms with Crippen molar-refractivity contribution in [2.45, 2.75) is 62.7 Å². The van der Waals surface area contributed by atoms with Crippen molar-refractivity contribution in [3.8, 4) is 11.5 Å². The molecule has 0 radical (unpaired) electrons. The molecule has 1 fully saturated rings. The molecule has 55 heavy (non-hydrogen) atoms. The number of anilines is 3. The summed E-state index contributed by atoms with van der Waals surface area (Å²) in [5.74, 6) is -0.0103. The first-order valence-electron chi connectivity index (χ1n) is 18.6. The standard InChI is InChI=1S/C42H44FN5O6Si/c1-27-40(55(3,4)43)38(20-21-46-24-34(44-45-46)32(25-49)29-10-6-5-7-11-29)54-42(27)33-22-31(52-2)18-19-35(33)47(41(42)51)23-28-14-16-30(17-15-28)48-36-12-8-9-13-37(36)53-26-39(48)50/h5-19,22,24,27,32,38,40,49H,20-21,23,25-26H2,1-4H3/t27-,32?,38+,40-,42+/m0/s1. The van der Waals surface area contributed by atoms with Crippen molar-refractivity contribution < 1.29 is 33.0 Å². The van der Waals surface area contributed by atoms with Crippen LogP contribution in [0.4, 0.5) is 21.2 Å². The van der Waals surface area contributed by atoms with Crippen LogP contribution in [0, 0.1) is 5.92 Å². The summed E-state index contributed by atoms with van der Waals surface area (Å²) < 4.78 is 36.4. The topological polar surface area (TPSA) is 119 Å². The summed E-state index contributed by atoms with van der Waals surface area (Å²) in [5, 5.41) is 18.9. The van der Waals surface area contributed by atoms with E-state index >= 15 is 4.11 Å². The highest BCUT2D eigenvalue weighted by Gasteiger charge is 2.66. The minimum atomic E-state index is -3.41. The van der Waals surface area contributed by atoms with Crippen molar-refractivity contribution in [3.63, 3.8) is 0 Å². The van der Waals surface area contributed by atoms with Crippen molar-refractivity contribution in [1.82, 2.24) is 15.0 Å². The smallest absolute Gasteiger partial charge is 0.269 e. The van der Waals surface area contributed by atoms with Crippen molar-refractivity contribution in [2.75, 3.05) is 30.1 Å². The lowest BCUT2D eigenvalue weighted by molar-refractivity contribution is -0.146. The second kappa shape index (κ2) is 14.4. The number of benzene rings is 4. The van der Waals surface area contributed by atoms with E-state index in [2.05, 4.69) is 10.3 Å². The fourth-order valence-corrected chi connectivity index (χ4v) is 11.3. The van der Waals surface area contributed by atoms with E-state index in [9.17, 15) is 14.7 Å². The lowest BCUT2D eigenvalue weighted by atomic mass is 9.82. The van der Waals surface area contributed by atoms with Crippen molar-refractivity contribution in [3.05, 3.63) is 126 Å². The summed E-state index contributed by atoms with van der Waals surface area (Å²) in [5.41, 5.74) is 3.22. The Labute approximate surface area is 320 Å². The molecule has 284 valence electrons. The molecule has 3 aliphatic rings. The summed E-state index contributed by atoms with van der Waals surface area (Å²) in [4.78, 5) is 31.3. The molecule has 1 unspecified atom stereocenters. The van der Waals surface area contributed by atoms with E-state index in [0.29, 0.717) is 52.8 Å². The van der Waals surface area contributed by atoms with Crippen LogP contribution in [-0.4, -0.2) is 66.7 Å². The third-order valence-electron chi connectivity index (χ3n) is 11.4. The maximum absolute atomic E-state index is 16.5. The van der Waals surface area contributed by atoms with Gasteiger partial charge in [-0.25, -0.2) is 0 Å². The Balaban J connectivity index is 1.07. The van der Waals surface area contributed by atoms with Crippen molar-refractivity contribution >= 4 is 37.3 Å². The van der Waals surface area contributed by atoms with Gasteiger partial charge in [-0.15, -0.1) is 5.10 Å². The lowest BCUT2D eigenvalue weighted by Crippen LogP contribution is -2.45. The molecule has 4 aromatic carbocycles. The number of methoxy groups -OCH3 is 1. The number of amides is 2. The SMILES string of the molecule is COc1ccc2c(c1)[C@@]1(O[C@H](CCn3cc(C(CO)c4ccccc4)nn3)[C@@H]([Si](C)(C)F)[C@@H]1C)C(=O)N2Cc1ccc(N2C(=O)COc3ccccc32)cc1. The van der Waals surface area contributed by atoms with E-state index in [1.807, 2.05) is 110 Å². The van der Waals surface area contributed by atoms with Crippen molar-refractivity contribution in [2.24, 2.45) is 5.92 Å². The number of aromatic nitrogens is 3. The zero-order chi connectivity index (χ0) is 38.5. The summed E-state index contributed by atoms with van der Waals surface area (Å²) in [6, 6.07) is 30.2. The number of carbonyl (C=O) groups excluding carboxylic acids is 2. The first-order valence-corrected chi connectivity index (χ1v) is 21.6. The number of aliphatic hydroxyl groups excluding tert-OH is 1. The van der Waals surface area contributed by atoms with Gasteiger partial charge in [-0.1, -0.05) is 66.7 Å². The van der Waals surface area contributed by atoms with Crippen LogP contribution in [0.3, 0.4) is 0 Å². The molecule has 5 aromatic rings. The number of hydrogen-bond acceptors (Lipinski definition) is 8. The average molecular weight is 762 g/mol. The second-order valence-corrected chi connectivity index (χ2v) is 18.8. The predicted octanol–water partition coefficient (Wildman–Crippen LogP) is 6.88. The van der Waals surface area contributed by atoms with Crippen LogP contribution in [0.1, 0.15) is 41.6 Å². The molecule has 3 aliphatic heterocycles. The van der Waals surface area contributed by atoms with Crippen LogP contribution in [0.25, 0.3) is 0 Å². The normalized spacial score (nSPS) is 22.5. The average Bonchev–Trinajstić information content (AvgIpc) is 3.85. The molecule has 1 saturated heterocycles. The largest absolute Gasteiger partial charge is 0.497 e. The van der Waals surface area contributed by atoms with E-state index in [-0.39, 0.29) is 37.5 Å². The van der Waals surface area contributed by atoms with Crippen LogP contribution in [0.2, 0.25) is 18.6 Å². The number of hydrogen-bond donors (Lipinski definition) is 1. The molecule has 8 rings (SSSR count). The zero-order valence-electron chi connectivity index (χ0n) is 31.3. The summed E-state index contributed by atoms with van der Waals surface area (Å²) in [6.45, 7) is 5.77. The molecule has 0 aliphatic carbocycles. The highest BCUT2D eigenvalue weighted by atomic mass is 28.4. The van der Waals surface area contributed by atoms with E-state index in [0.717, 1.165) is 11.1 Å². The molecule has 11 nitrogen and oxygen atoms in total. The molecule has 0 saturated carbocycles. The Bertz CT molecular complexity index is 2210. The molecule has 5 atom stereocenters. The minimum absolute atomic E-state index is 0.0552. The highest BCUT2D eigenvalue weighted by molar-refractivity contribution is 6.72. The van der Waals surface area contributed by atoms with Gasteiger partial charge in [0.2, 0.25) is 8.41 Å². The number of fused-ring (bicyclic) bond motifs is 3. The molecule has 1 spiro atoms. The Kier molecular flexibility index (Phi) is 9.56. The zero-order valence-corrected chi connectivity index (χ0v) is 32.3. The van der Waals surface area contributed by atoms with Gasteiger partial charge in [0.05, 0.1) is 49.4 Å². The maximum atomic E-state index is 16.5. The number of aryl methyl sites for hydroxylation is 1. The van der Waals surface area contributed by atoms with Gasteiger partial charge in [0.25, 0.3) is 11.8 Å². The number of para-hydroxylation sites is 2. The molecule has 1 aromatic heterocycles. The maximum Gasteiger partial charge on any atom is 0.269 e. The third kappa shape index (κ3) is 6.39. The molecular formula is C42H44FN5O6Si. The number of halogens is 1. The number of aliphatic hydroxyl groups is 1. The fraction of sp³-hybridized carbons (Fsp3) is 0.333. The lowest BCUT2D eigenvalue weighted by Gasteiger charge is -2.31. The van der Waals surface area contributed by atoms with E-state index in [1.165, 1.54) is 0 Å². The van der Waals surface area contributed by atoms with Gasteiger partial charge >= 0.3 is 0 Å². The van der Waals surface area contributed by atoms with Gasteiger partial charge in [0.15, 0.2) is 12.2 Å². The molecule has 0 bridgehead atoms. The first kappa shape index (κ1) is 36.6. The Morgan fingerprint density at radius 3 is 2.47 bits per heavy atom. The van der Waals surface area contributed by atoms with Gasteiger partial charge in [0.1, 0.15) is 11.5 Å².